The Hall–Kier alpha value is -3.45. The molecule has 0 aliphatic carbocycles. The first kappa shape index (κ1) is 18.6. The minimum atomic E-state index is -0.00548. The quantitative estimate of drug-likeness (QED) is 0.495. The molecule has 1 unspecified atom stereocenters. The molecule has 2 aromatic carbocycles. The second-order valence-corrected chi connectivity index (χ2v) is 7.45. The van der Waals surface area contributed by atoms with E-state index in [1.54, 1.807) is 6.26 Å². The molecule has 0 saturated carbocycles. The van der Waals surface area contributed by atoms with Gasteiger partial charge in [0, 0.05) is 31.9 Å². The molecule has 152 valence electrons. The zero-order valence-corrected chi connectivity index (χ0v) is 16.7. The number of furan rings is 1. The molecule has 5 rings (SSSR count). The average molecular weight is 400 g/mol. The van der Waals surface area contributed by atoms with Crippen LogP contribution in [0.2, 0.25) is 0 Å². The van der Waals surface area contributed by atoms with Gasteiger partial charge in [-0.2, -0.15) is 0 Å². The predicted octanol–water partition coefficient (Wildman–Crippen LogP) is 3.23. The van der Waals surface area contributed by atoms with E-state index in [-0.39, 0.29) is 6.04 Å². The van der Waals surface area contributed by atoms with Crippen LogP contribution in [0.3, 0.4) is 0 Å². The van der Waals surface area contributed by atoms with Crippen molar-refractivity contribution >= 4 is 5.69 Å². The molecule has 4 aromatic rings. The van der Waals surface area contributed by atoms with E-state index in [9.17, 15) is 0 Å². The van der Waals surface area contributed by atoms with Crippen LogP contribution in [-0.2, 0) is 6.54 Å². The van der Waals surface area contributed by atoms with E-state index in [2.05, 4.69) is 79.9 Å². The lowest BCUT2D eigenvalue weighted by atomic mass is 10.0. The molecule has 2 aromatic heterocycles. The van der Waals surface area contributed by atoms with Crippen molar-refractivity contribution in [3.63, 3.8) is 0 Å². The number of nitrogens with zero attached hydrogens (tertiary/aromatic N) is 6. The Labute approximate surface area is 175 Å². The summed E-state index contributed by atoms with van der Waals surface area (Å²) in [6, 6.07) is 24.9. The number of piperazine rings is 1. The first-order valence-electron chi connectivity index (χ1n) is 10.3. The summed E-state index contributed by atoms with van der Waals surface area (Å²) in [6.45, 7) is 4.31. The van der Waals surface area contributed by atoms with Gasteiger partial charge in [0.05, 0.1) is 12.3 Å². The lowest BCUT2D eigenvalue weighted by Gasteiger charge is -2.39. The van der Waals surface area contributed by atoms with Crippen LogP contribution in [0.15, 0.2) is 83.5 Å². The van der Waals surface area contributed by atoms with Crippen molar-refractivity contribution in [1.82, 2.24) is 25.1 Å². The molecular weight excluding hydrogens is 376 g/mol. The number of rotatable bonds is 6. The highest BCUT2D eigenvalue weighted by molar-refractivity contribution is 5.46. The van der Waals surface area contributed by atoms with E-state index in [0.717, 1.165) is 37.8 Å². The standard InChI is InChI=1S/C23H24N6O/c1-3-8-19(9-4-1)22(23-24-25-26-29(23)18-21-12-7-17-30-21)28-15-13-27(14-16-28)20-10-5-2-6-11-20/h1-12,17,22H,13-16,18H2. The maximum Gasteiger partial charge on any atom is 0.173 e. The summed E-state index contributed by atoms with van der Waals surface area (Å²) in [6.07, 6.45) is 1.68. The monoisotopic (exact) mass is 400 g/mol. The van der Waals surface area contributed by atoms with Crippen LogP contribution in [-0.4, -0.2) is 51.3 Å². The molecule has 3 heterocycles. The van der Waals surface area contributed by atoms with Crippen molar-refractivity contribution in [2.45, 2.75) is 12.6 Å². The normalized spacial score (nSPS) is 15.9. The van der Waals surface area contributed by atoms with E-state index < -0.39 is 0 Å². The van der Waals surface area contributed by atoms with Gasteiger partial charge in [0.15, 0.2) is 5.82 Å². The largest absolute Gasteiger partial charge is 0.467 e. The lowest BCUT2D eigenvalue weighted by Crippen LogP contribution is -2.48. The summed E-state index contributed by atoms with van der Waals surface area (Å²) in [5.74, 6) is 1.68. The van der Waals surface area contributed by atoms with Gasteiger partial charge in [0.2, 0.25) is 0 Å². The number of anilines is 1. The van der Waals surface area contributed by atoms with Crippen molar-refractivity contribution in [3.8, 4) is 0 Å². The first-order valence-corrected chi connectivity index (χ1v) is 10.3. The highest BCUT2D eigenvalue weighted by atomic mass is 16.3. The van der Waals surface area contributed by atoms with Crippen LogP contribution < -0.4 is 4.90 Å². The van der Waals surface area contributed by atoms with Gasteiger partial charge in [-0.05, 0) is 40.3 Å². The van der Waals surface area contributed by atoms with Crippen LogP contribution in [0.25, 0.3) is 0 Å². The third kappa shape index (κ3) is 3.84. The minimum absolute atomic E-state index is 0.00548. The Bertz CT molecular complexity index is 1040. The van der Waals surface area contributed by atoms with Crippen LogP contribution in [0.1, 0.15) is 23.2 Å². The van der Waals surface area contributed by atoms with Crippen LogP contribution in [0.4, 0.5) is 5.69 Å². The Kier molecular flexibility index (Phi) is 5.26. The van der Waals surface area contributed by atoms with Crippen LogP contribution in [0.5, 0.6) is 0 Å². The summed E-state index contributed by atoms with van der Waals surface area (Å²) in [7, 11) is 0. The van der Waals surface area contributed by atoms with Gasteiger partial charge in [0.1, 0.15) is 12.3 Å². The topological polar surface area (TPSA) is 63.2 Å². The lowest BCUT2D eigenvalue weighted by molar-refractivity contribution is 0.201. The van der Waals surface area contributed by atoms with E-state index in [1.807, 2.05) is 22.9 Å². The Morgan fingerprint density at radius 3 is 2.27 bits per heavy atom. The van der Waals surface area contributed by atoms with Crippen LogP contribution >= 0.6 is 0 Å². The van der Waals surface area contributed by atoms with Crippen molar-refractivity contribution in [3.05, 3.63) is 96.2 Å². The van der Waals surface area contributed by atoms with E-state index >= 15 is 0 Å². The summed E-state index contributed by atoms with van der Waals surface area (Å²) in [5.41, 5.74) is 2.47. The number of tetrazole rings is 1. The third-order valence-electron chi connectivity index (χ3n) is 5.61. The third-order valence-corrected chi connectivity index (χ3v) is 5.61. The molecule has 0 bridgehead atoms. The molecule has 7 nitrogen and oxygen atoms in total. The molecule has 0 N–H and O–H groups in total. The molecule has 0 amide bonds. The van der Waals surface area contributed by atoms with Gasteiger partial charge < -0.3 is 9.32 Å². The van der Waals surface area contributed by atoms with Crippen molar-refractivity contribution in [1.29, 1.82) is 0 Å². The molecule has 1 atom stereocenters. The SMILES string of the molecule is c1ccc(C(c2nnnn2Cc2ccco2)N2CCN(c3ccccc3)CC2)cc1. The summed E-state index contributed by atoms with van der Waals surface area (Å²) in [4.78, 5) is 4.91. The summed E-state index contributed by atoms with van der Waals surface area (Å²) in [5, 5.41) is 12.7. The van der Waals surface area contributed by atoms with E-state index in [4.69, 9.17) is 4.42 Å². The maximum atomic E-state index is 5.52. The fraction of sp³-hybridized carbons (Fsp3) is 0.261. The summed E-state index contributed by atoms with van der Waals surface area (Å²) >= 11 is 0. The Balaban J connectivity index is 1.41. The smallest absolute Gasteiger partial charge is 0.173 e. The van der Waals surface area contributed by atoms with Crippen LogP contribution in [0, 0.1) is 0 Å². The molecule has 1 aliphatic rings. The van der Waals surface area contributed by atoms with Gasteiger partial charge >= 0.3 is 0 Å². The fourth-order valence-electron chi connectivity index (χ4n) is 4.11. The fourth-order valence-corrected chi connectivity index (χ4v) is 4.11. The first-order chi connectivity index (χ1) is 14.9. The van der Waals surface area contributed by atoms with Gasteiger partial charge in [-0.25, -0.2) is 4.68 Å². The van der Waals surface area contributed by atoms with E-state index in [0.29, 0.717) is 6.54 Å². The van der Waals surface area contributed by atoms with E-state index in [1.165, 1.54) is 11.3 Å². The molecule has 0 radical (unpaired) electrons. The van der Waals surface area contributed by atoms with Crippen molar-refractivity contribution in [2.75, 3.05) is 31.1 Å². The van der Waals surface area contributed by atoms with Gasteiger partial charge in [-0.3, -0.25) is 4.90 Å². The number of benzene rings is 2. The summed E-state index contributed by atoms with van der Waals surface area (Å²) < 4.78 is 7.37. The predicted molar refractivity (Wildman–Crippen MR) is 114 cm³/mol. The average Bonchev–Trinajstić information content (AvgIpc) is 3.49. The second-order valence-electron chi connectivity index (χ2n) is 7.45. The zero-order valence-electron chi connectivity index (χ0n) is 16.7. The number of aromatic nitrogens is 4. The Morgan fingerprint density at radius 2 is 1.57 bits per heavy atom. The number of hydrogen-bond donors (Lipinski definition) is 0. The van der Waals surface area contributed by atoms with Crippen molar-refractivity contribution in [2.24, 2.45) is 0 Å². The molecular formula is C23H24N6O. The molecule has 0 spiro atoms. The number of hydrogen-bond acceptors (Lipinski definition) is 6. The highest BCUT2D eigenvalue weighted by Gasteiger charge is 2.30. The number of para-hydroxylation sites is 1. The molecule has 1 saturated heterocycles. The minimum Gasteiger partial charge on any atom is -0.467 e. The molecule has 1 aliphatic heterocycles. The van der Waals surface area contributed by atoms with Crippen molar-refractivity contribution < 1.29 is 4.42 Å². The Morgan fingerprint density at radius 1 is 0.833 bits per heavy atom. The van der Waals surface area contributed by atoms with Gasteiger partial charge in [0.25, 0.3) is 0 Å². The maximum absolute atomic E-state index is 5.52. The molecule has 30 heavy (non-hydrogen) atoms. The van der Waals surface area contributed by atoms with Gasteiger partial charge in [-0.15, -0.1) is 5.10 Å². The van der Waals surface area contributed by atoms with Gasteiger partial charge in [-0.1, -0.05) is 48.5 Å². The molecule has 1 fully saturated rings. The highest BCUT2D eigenvalue weighted by Crippen LogP contribution is 2.29. The zero-order chi connectivity index (χ0) is 20.2. The second kappa shape index (κ2) is 8.51. The molecule has 7 heteroatoms.